The van der Waals surface area contributed by atoms with Crippen LogP contribution in [0.1, 0.15) is 25.6 Å². The third-order valence-corrected chi connectivity index (χ3v) is 4.81. The van der Waals surface area contributed by atoms with Gasteiger partial charge in [0.25, 0.3) is 11.8 Å². The molecular weight excluding hydrogens is 417 g/mol. The summed E-state index contributed by atoms with van der Waals surface area (Å²) >= 11 is 1.31. The molecular formula is C21H17F3N2O3S. The second kappa shape index (κ2) is 9.45. The van der Waals surface area contributed by atoms with Gasteiger partial charge >= 0.3 is 6.18 Å². The van der Waals surface area contributed by atoms with Crippen LogP contribution in [0.15, 0.2) is 66.0 Å². The molecule has 30 heavy (non-hydrogen) atoms. The van der Waals surface area contributed by atoms with Gasteiger partial charge in [0.05, 0.1) is 17.0 Å². The number of alkyl halides is 3. The maximum atomic E-state index is 12.7. The lowest BCUT2D eigenvalue weighted by Gasteiger charge is -2.11. The van der Waals surface area contributed by atoms with E-state index in [9.17, 15) is 22.8 Å². The molecule has 0 saturated heterocycles. The number of carbonyl (C=O) groups excluding carboxylic acids is 2. The van der Waals surface area contributed by atoms with E-state index < -0.39 is 17.6 Å². The lowest BCUT2D eigenvalue weighted by atomic mass is 10.2. The molecule has 1 aromatic heterocycles. The fourth-order valence-electron chi connectivity index (χ4n) is 2.54. The van der Waals surface area contributed by atoms with E-state index in [0.29, 0.717) is 16.1 Å². The predicted molar refractivity (Wildman–Crippen MR) is 108 cm³/mol. The van der Waals surface area contributed by atoms with E-state index in [1.165, 1.54) is 29.5 Å². The summed E-state index contributed by atoms with van der Waals surface area (Å²) in [5, 5.41) is 7.14. The number of hydrogen-bond donors (Lipinski definition) is 2. The minimum atomic E-state index is -4.45. The van der Waals surface area contributed by atoms with Gasteiger partial charge < -0.3 is 15.4 Å². The van der Waals surface area contributed by atoms with Crippen molar-refractivity contribution in [2.24, 2.45) is 0 Å². The highest BCUT2D eigenvalue weighted by atomic mass is 32.1. The van der Waals surface area contributed by atoms with Crippen LogP contribution in [0.5, 0.6) is 5.75 Å². The summed E-state index contributed by atoms with van der Waals surface area (Å²) in [6.07, 6.45) is -4.45. The zero-order valence-electron chi connectivity index (χ0n) is 15.5. The van der Waals surface area contributed by atoms with Crippen molar-refractivity contribution < 1.29 is 27.5 Å². The van der Waals surface area contributed by atoms with Crippen LogP contribution >= 0.6 is 11.3 Å². The summed E-state index contributed by atoms with van der Waals surface area (Å²) in [5.74, 6) is -0.593. The van der Waals surface area contributed by atoms with Gasteiger partial charge in [-0.05, 0) is 47.8 Å². The van der Waals surface area contributed by atoms with Gasteiger partial charge in [0.1, 0.15) is 12.4 Å². The van der Waals surface area contributed by atoms with Crippen LogP contribution in [0.3, 0.4) is 0 Å². The van der Waals surface area contributed by atoms with Gasteiger partial charge in [-0.3, -0.25) is 9.59 Å². The first-order valence-electron chi connectivity index (χ1n) is 8.86. The average Bonchev–Trinajstić information content (AvgIpc) is 3.26. The normalized spacial score (nSPS) is 11.0. The van der Waals surface area contributed by atoms with Crippen molar-refractivity contribution in [1.82, 2.24) is 5.32 Å². The van der Waals surface area contributed by atoms with Gasteiger partial charge in [0.15, 0.2) is 0 Å². The number of halogens is 3. The summed E-state index contributed by atoms with van der Waals surface area (Å²) in [6, 6.07) is 14.4. The Labute approximate surface area is 174 Å². The highest BCUT2D eigenvalue weighted by molar-refractivity contribution is 7.12. The SMILES string of the molecule is O=C(NCCOc1cccc(C(F)(F)F)c1)c1cccc(NC(=O)c2cccs2)c1. The standard InChI is InChI=1S/C21H17F3N2O3S/c22-21(23,24)15-5-2-7-17(13-15)29-10-9-25-19(27)14-4-1-6-16(12-14)26-20(28)18-8-3-11-30-18/h1-8,11-13H,9-10H2,(H,25,27)(H,26,28). The monoisotopic (exact) mass is 434 g/mol. The fourth-order valence-corrected chi connectivity index (χ4v) is 3.16. The predicted octanol–water partition coefficient (Wildman–Crippen LogP) is 4.83. The summed E-state index contributed by atoms with van der Waals surface area (Å²) < 4.78 is 43.4. The topological polar surface area (TPSA) is 67.4 Å². The maximum Gasteiger partial charge on any atom is 0.416 e. The first-order valence-corrected chi connectivity index (χ1v) is 9.74. The number of carbonyl (C=O) groups is 2. The lowest BCUT2D eigenvalue weighted by Crippen LogP contribution is -2.28. The minimum Gasteiger partial charge on any atom is -0.492 e. The average molecular weight is 434 g/mol. The van der Waals surface area contributed by atoms with E-state index >= 15 is 0 Å². The smallest absolute Gasteiger partial charge is 0.416 e. The molecule has 0 bridgehead atoms. The molecule has 5 nitrogen and oxygen atoms in total. The third-order valence-electron chi connectivity index (χ3n) is 3.95. The number of anilines is 1. The van der Waals surface area contributed by atoms with Crippen molar-refractivity contribution >= 4 is 28.8 Å². The molecule has 0 atom stereocenters. The van der Waals surface area contributed by atoms with Gasteiger partial charge in [-0.25, -0.2) is 0 Å². The fraction of sp³-hybridized carbons (Fsp3) is 0.143. The number of rotatable bonds is 7. The molecule has 2 aromatic carbocycles. The molecule has 0 radical (unpaired) electrons. The molecule has 2 N–H and O–H groups in total. The van der Waals surface area contributed by atoms with Gasteiger partial charge in [-0.2, -0.15) is 13.2 Å². The second-order valence-electron chi connectivity index (χ2n) is 6.14. The number of benzene rings is 2. The Balaban J connectivity index is 1.50. The molecule has 9 heteroatoms. The Hall–Kier alpha value is -3.33. The molecule has 0 unspecified atom stereocenters. The van der Waals surface area contributed by atoms with E-state index in [1.54, 1.807) is 35.7 Å². The molecule has 0 aliphatic carbocycles. The van der Waals surface area contributed by atoms with Gasteiger partial charge in [-0.1, -0.05) is 18.2 Å². The molecule has 1 heterocycles. The van der Waals surface area contributed by atoms with Crippen LogP contribution in [-0.2, 0) is 6.18 Å². The number of nitrogens with one attached hydrogen (secondary N) is 2. The number of thiophene rings is 1. The number of hydrogen-bond acceptors (Lipinski definition) is 4. The van der Waals surface area contributed by atoms with Crippen LogP contribution in [0.2, 0.25) is 0 Å². The zero-order valence-corrected chi connectivity index (χ0v) is 16.3. The van der Waals surface area contributed by atoms with Crippen molar-refractivity contribution in [1.29, 1.82) is 0 Å². The highest BCUT2D eigenvalue weighted by Gasteiger charge is 2.30. The molecule has 0 saturated carbocycles. The Bertz CT molecular complexity index is 1020. The second-order valence-corrected chi connectivity index (χ2v) is 7.09. The first-order chi connectivity index (χ1) is 14.3. The third kappa shape index (κ3) is 5.84. The molecule has 156 valence electrons. The molecule has 0 fully saturated rings. The Morgan fingerprint density at radius 1 is 0.967 bits per heavy atom. The van der Waals surface area contributed by atoms with Crippen LogP contribution in [-0.4, -0.2) is 25.0 Å². The summed E-state index contributed by atoms with van der Waals surface area (Å²) in [4.78, 5) is 24.9. The molecule has 2 amide bonds. The van der Waals surface area contributed by atoms with Crippen LogP contribution in [0.4, 0.5) is 18.9 Å². The van der Waals surface area contributed by atoms with Crippen LogP contribution in [0.25, 0.3) is 0 Å². The summed E-state index contributed by atoms with van der Waals surface area (Å²) in [6.45, 7) is 0.0999. The summed E-state index contributed by atoms with van der Waals surface area (Å²) in [5.41, 5.74) is 0.00441. The lowest BCUT2D eigenvalue weighted by molar-refractivity contribution is -0.137. The first kappa shape index (κ1) is 21.4. The van der Waals surface area contributed by atoms with Gasteiger partial charge in [0, 0.05) is 11.3 Å². The highest BCUT2D eigenvalue weighted by Crippen LogP contribution is 2.31. The van der Waals surface area contributed by atoms with Crippen LogP contribution in [0, 0.1) is 0 Å². The summed E-state index contributed by atoms with van der Waals surface area (Å²) in [7, 11) is 0. The Morgan fingerprint density at radius 3 is 2.50 bits per heavy atom. The van der Waals surface area contributed by atoms with Crippen molar-refractivity contribution in [2.45, 2.75) is 6.18 Å². The zero-order chi connectivity index (χ0) is 21.6. The Kier molecular flexibility index (Phi) is 6.73. The maximum absolute atomic E-state index is 12.7. The van der Waals surface area contributed by atoms with E-state index in [4.69, 9.17) is 4.74 Å². The molecule has 0 spiro atoms. The van der Waals surface area contributed by atoms with E-state index in [-0.39, 0.29) is 24.8 Å². The largest absolute Gasteiger partial charge is 0.492 e. The van der Waals surface area contributed by atoms with Crippen molar-refractivity contribution in [2.75, 3.05) is 18.5 Å². The molecule has 3 rings (SSSR count). The minimum absolute atomic E-state index is 0.00184. The van der Waals surface area contributed by atoms with E-state index in [1.807, 2.05) is 0 Å². The Morgan fingerprint density at radius 2 is 1.77 bits per heavy atom. The molecule has 0 aliphatic rings. The quantitative estimate of drug-likeness (QED) is 0.524. The van der Waals surface area contributed by atoms with E-state index in [0.717, 1.165) is 12.1 Å². The van der Waals surface area contributed by atoms with Crippen molar-refractivity contribution in [3.63, 3.8) is 0 Å². The number of amides is 2. The molecule has 3 aromatic rings. The molecule has 0 aliphatic heterocycles. The van der Waals surface area contributed by atoms with Crippen molar-refractivity contribution in [3.05, 3.63) is 82.0 Å². The number of ether oxygens (including phenoxy) is 1. The van der Waals surface area contributed by atoms with Crippen molar-refractivity contribution in [3.8, 4) is 5.75 Å². The van der Waals surface area contributed by atoms with E-state index in [2.05, 4.69) is 10.6 Å². The van der Waals surface area contributed by atoms with Gasteiger partial charge in [-0.15, -0.1) is 11.3 Å². The van der Waals surface area contributed by atoms with Gasteiger partial charge in [0.2, 0.25) is 0 Å². The van der Waals surface area contributed by atoms with Crippen LogP contribution < -0.4 is 15.4 Å².